The van der Waals surface area contributed by atoms with E-state index in [0.29, 0.717) is 11.5 Å². The average Bonchev–Trinajstić information content (AvgIpc) is 2.78. The molecular formula is C16H18N2O3. The lowest BCUT2D eigenvalue weighted by Gasteiger charge is -2.24. The first kappa shape index (κ1) is 13.7. The second kappa shape index (κ2) is 5.24. The van der Waals surface area contributed by atoms with Crippen molar-refractivity contribution in [1.29, 1.82) is 0 Å². The number of carbonyl (C=O) groups is 1. The number of nitrogens with zero attached hydrogens (tertiary/aromatic N) is 2. The molecule has 21 heavy (non-hydrogen) atoms. The van der Waals surface area contributed by atoms with Crippen molar-refractivity contribution in [2.45, 2.75) is 19.4 Å². The minimum absolute atomic E-state index is 0.00756. The molecule has 0 aliphatic carbocycles. The van der Waals surface area contributed by atoms with E-state index >= 15 is 0 Å². The molecule has 2 aliphatic heterocycles. The Morgan fingerprint density at radius 1 is 1.24 bits per heavy atom. The summed E-state index contributed by atoms with van der Waals surface area (Å²) in [6, 6.07) is 5.59. The van der Waals surface area contributed by atoms with E-state index in [2.05, 4.69) is 11.9 Å². The van der Waals surface area contributed by atoms with Crippen LogP contribution in [-0.2, 0) is 4.79 Å². The Balaban J connectivity index is 1.99. The summed E-state index contributed by atoms with van der Waals surface area (Å²) >= 11 is 0. The first-order chi connectivity index (χ1) is 10.2. The van der Waals surface area contributed by atoms with E-state index in [-0.39, 0.29) is 11.9 Å². The number of hydrogen-bond acceptors (Lipinski definition) is 4. The van der Waals surface area contributed by atoms with Crippen molar-refractivity contribution in [2.75, 3.05) is 25.7 Å². The SMILES string of the molecule is COc1ccc(N2C(=O)C3=C(CCN=C3)C2C)cc1OC. The van der Waals surface area contributed by atoms with Gasteiger partial charge in [0.15, 0.2) is 11.5 Å². The predicted molar refractivity (Wildman–Crippen MR) is 81.5 cm³/mol. The van der Waals surface area contributed by atoms with Crippen LogP contribution in [0.2, 0.25) is 0 Å². The summed E-state index contributed by atoms with van der Waals surface area (Å²) in [5, 5.41) is 0. The number of carbonyl (C=O) groups excluding carboxylic acids is 1. The third kappa shape index (κ3) is 2.09. The number of benzene rings is 1. The molecule has 0 bridgehead atoms. The Hall–Kier alpha value is -2.30. The van der Waals surface area contributed by atoms with Crippen LogP contribution in [0, 0.1) is 0 Å². The predicted octanol–water partition coefficient (Wildman–Crippen LogP) is 2.21. The van der Waals surface area contributed by atoms with E-state index in [9.17, 15) is 4.79 Å². The molecule has 3 rings (SSSR count). The second-order valence-electron chi connectivity index (χ2n) is 5.11. The number of aliphatic imine (C=N–C) groups is 1. The van der Waals surface area contributed by atoms with Gasteiger partial charge < -0.3 is 14.4 Å². The number of methoxy groups -OCH3 is 2. The van der Waals surface area contributed by atoms with E-state index in [0.717, 1.165) is 24.2 Å². The normalized spacial score (nSPS) is 20.8. The van der Waals surface area contributed by atoms with Crippen LogP contribution in [0.3, 0.4) is 0 Å². The number of amides is 1. The molecular weight excluding hydrogens is 268 g/mol. The Morgan fingerprint density at radius 3 is 2.67 bits per heavy atom. The molecule has 1 amide bonds. The smallest absolute Gasteiger partial charge is 0.260 e. The van der Waals surface area contributed by atoms with Gasteiger partial charge in [-0.25, -0.2) is 0 Å². The van der Waals surface area contributed by atoms with Crippen molar-refractivity contribution in [3.63, 3.8) is 0 Å². The van der Waals surface area contributed by atoms with Gasteiger partial charge in [-0.15, -0.1) is 0 Å². The molecule has 0 saturated carbocycles. The number of hydrogen-bond donors (Lipinski definition) is 0. The molecule has 1 aromatic rings. The van der Waals surface area contributed by atoms with Gasteiger partial charge in [0.25, 0.3) is 5.91 Å². The molecule has 110 valence electrons. The van der Waals surface area contributed by atoms with E-state index in [1.54, 1.807) is 25.3 Å². The Bertz CT molecular complexity index is 649. The molecule has 0 fully saturated rings. The van der Waals surface area contributed by atoms with E-state index < -0.39 is 0 Å². The molecule has 0 aromatic heterocycles. The summed E-state index contributed by atoms with van der Waals surface area (Å²) in [6.07, 6.45) is 2.56. The van der Waals surface area contributed by atoms with Gasteiger partial charge in [-0.1, -0.05) is 0 Å². The van der Waals surface area contributed by atoms with Crippen molar-refractivity contribution in [2.24, 2.45) is 4.99 Å². The van der Waals surface area contributed by atoms with Crippen LogP contribution in [0.25, 0.3) is 0 Å². The highest BCUT2D eigenvalue weighted by molar-refractivity contribution is 6.22. The quantitative estimate of drug-likeness (QED) is 0.856. The molecule has 0 saturated heterocycles. The molecule has 5 nitrogen and oxygen atoms in total. The van der Waals surface area contributed by atoms with Gasteiger partial charge in [-0.05, 0) is 31.1 Å². The van der Waals surface area contributed by atoms with E-state index in [1.807, 2.05) is 18.2 Å². The molecule has 0 radical (unpaired) electrons. The average molecular weight is 286 g/mol. The Morgan fingerprint density at radius 2 is 2.00 bits per heavy atom. The van der Waals surface area contributed by atoms with Gasteiger partial charge in [0.05, 0.1) is 25.8 Å². The topological polar surface area (TPSA) is 51.1 Å². The minimum Gasteiger partial charge on any atom is -0.493 e. The van der Waals surface area contributed by atoms with Gasteiger partial charge in [0.2, 0.25) is 0 Å². The first-order valence-electron chi connectivity index (χ1n) is 6.95. The molecule has 2 heterocycles. The van der Waals surface area contributed by atoms with Crippen molar-refractivity contribution in [3.8, 4) is 11.5 Å². The standard InChI is InChI=1S/C16H18N2O3/c1-10-12-6-7-17-9-13(12)16(19)18(10)11-4-5-14(20-2)15(8-11)21-3/h4-5,8-10H,6-7H2,1-3H3. The zero-order valence-electron chi connectivity index (χ0n) is 12.4. The lowest BCUT2D eigenvalue weighted by molar-refractivity contribution is -0.114. The highest BCUT2D eigenvalue weighted by Crippen LogP contribution is 2.37. The fraction of sp³-hybridized carbons (Fsp3) is 0.375. The fourth-order valence-electron chi connectivity index (χ4n) is 2.96. The number of rotatable bonds is 3. The van der Waals surface area contributed by atoms with Crippen molar-refractivity contribution < 1.29 is 14.3 Å². The zero-order valence-corrected chi connectivity index (χ0v) is 12.4. The fourth-order valence-corrected chi connectivity index (χ4v) is 2.96. The van der Waals surface area contributed by atoms with Crippen LogP contribution in [0.1, 0.15) is 13.3 Å². The maximum absolute atomic E-state index is 12.6. The number of ether oxygens (including phenoxy) is 2. The van der Waals surface area contributed by atoms with Crippen molar-refractivity contribution >= 4 is 17.8 Å². The lowest BCUT2D eigenvalue weighted by atomic mass is 10.0. The molecule has 5 heteroatoms. The van der Waals surface area contributed by atoms with Crippen LogP contribution < -0.4 is 14.4 Å². The highest BCUT2D eigenvalue weighted by atomic mass is 16.5. The molecule has 2 aliphatic rings. The van der Waals surface area contributed by atoms with Crippen LogP contribution in [0.4, 0.5) is 5.69 Å². The zero-order chi connectivity index (χ0) is 15.0. The maximum Gasteiger partial charge on any atom is 0.260 e. The van der Waals surface area contributed by atoms with Crippen LogP contribution >= 0.6 is 0 Å². The number of dihydropyridines is 1. The summed E-state index contributed by atoms with van der Waals surface area (Å²) in [5.41, 5.74) is 2.72. The number of anilines is 1. The van der Waals surface area contributed by atoms with Gasteiger partial charge in [0.1, 0.15) is 0 Å². The van der Waals surface area contributed by atoms with Crippen LogP contribution in [0.15, 0.2) is 34.3 Å². The Kier molecular flexibility index (Phi) is 3.41. The van der Waals surface area contributed by atoms with Crippen molar-refractivity contribution in [1.82, 2.24) is 0 Å². The van der Waals surface area contributed by atoms with Crippen molar-refractivity contribution in [3.05, 3.63) is 29.3 Å². The lowest BCUT2D eigenvalue weighted by Crippen LogP contribution is -2.33. The van der Waals surface area contributed by atoms with Crippen LogP contribution in [0.5, 0.6) is 11.5 Å². The van der Waals surface area contributed by atoms with Gasteiger partial charge in [-0.3, -0.25) is 9.79 Å². The highest BCUT2D eigenvalue weighted by Gasteiger charge is 2.37. The molecule has 1 aromatic carbocycles. The maximum atomic E-state index is 12.6. The molecule has 1 unspecified atom stereocenters. The van der Waals surface area contributed by atoms with E-state index in [4.69, 9.17) is 9.47 Å². The molecule has 0 spiro atoms. The largest absolute Gasteiger partial charge is 0.493 e. The monoisotopic (exact) mass is 286 g/mol. The summed E-state index contributed by atoms with van der Waals surface area (Å²) < 4.78 is 10.6. The third-order valence-corrected chi connectivity index (χ3v) is 4.06. The Labute approximate surface area is 123 Å². The summed E-state index contributed by atoms with van der Waals surface area (Å²) in [7, 11) is 3.19. The second-order valence-corrected chi connectivity index (χ2v) is 5.11. The molecule has 1 atom stereocenters. The summed E-state index contributed by atoms with van der Waals surface area (Å²) in [6.45, 7) is 2.81. The van der Waals surface area contributed by atoms with E-state index in [1.165, 1.54) is 5.57 Å². The first-order valence-corrected chi connectivity index (χ1v) is 6.95. The third-order valence-electron chi connectivity index (χ3n) is 4.06. The molecule has 0 N–H and O–H groups in total. The summed E-state index contributed by atoms with van der Waals surface area (Å²) in [4.78, 5) is 18.6. The van der Waals surface area contributed by atoms with Crippen LogP contribution in [-0.4, -0.2) is 38.9 Å². The van der Waals surface area contributed by atoms with Gasteiger partial charge >= 0.3 is 0 Å². The van der Waals surface area contributed by atoms with Gasteiger partial charge in [0, 0.05) is 24.5 Å². The minimum atomic E-state index is 0.00756. The summed E-state index contributed by atoms with van der Waals surface area (Å²) in [5.74, 6) is 1.28. The van der Waals surface area contributed by atoms with Gasteiger partial charge in [-0.2, -0.15) is 0 Å².